The SMILES string of the molecule is CCOC(=O)C1=C(c2ccccc2)Nc2nc(SCc3ccccc3F)[nH]c(=O)c2C1c1cccs1. The molecule has 4 aromatic rings. The van der Waals surface area contributed by atoms with Gasteiger partial charge in [-0.2, -0.15) is 0 Å². The van der Waals surface area contributed by atoms with Crippen molar-refractivity contribution in [3.8, 4) is 0 Å². The number of esters is 1. The lowest BCUT2D eigenvalue weighted by atomic mass is 9.84. The van der Waals surface area contributed by atoms with Gasteiger partial charge in [0.05, 0.1) is 29.4 Å². The number of hydrogen-bond donors (Lipinski definition) is 2. The summed E-state index contributed by atoms with van der Waals surface area (Å²) >= 11 is 2.69. The molecule has 5 rings (SSSR count). The van der Waals surface area contributed by atoms with Gasteiger partial charge in [0.25, 0.3) is 5.56 Å². The first kappa shape index (κ1) is 24.0. The Labute approximate surface area is 215 Å². The van der Waals surface area contributed by atoms with Gasteiger partial charge in [-0.25, -0.2) is 14.2 Å². The quantitative estimate of drug-likeness (QED) is 0.183. The molecule has 6 nitrogen and oxygen atoms in total. The van der Waals surface area contributed by atoms with E-state index >= 15 is 0 Å². The van der Waals surface area contributed by atoms with Crippen LogP contribution >= 0.6 is 23.1 Å². The molecule has 2 aromatic heterocycles. The van der Waals surface area contributed by atoms with Crippen LogP contribution in [0.25, 0.3) is 5.70 Å². The Hall–Kier alpha value is -3.69. The van der Waals surface area contributed by atoms with E-state index in [-0.39, 0.29) is 18.0 Å². The fraction of sp³-hybridized carbons (Fsp3) is 0.148. The maximum atomic E-state index is 14.1. The standard InChI is InChI=1S/C27H22FN3O3S2/c1-2-34-26(33)21-20(19-13-8-14-35-19)22-24(29-23(21)16-9-4-3-5-10-16)30-27(31-25(22)32)36-15-17-11-6-7-12-18(17)28/h3-14,20H,2,15H2,1H3,(H2,29,30,31,32). The number of ether oxygens (including phenoxy) is 1. The van der Waals surface area contributed by atoms with Gasteiger partial charge in [-0.3, -0.25) is 4.79 Å². The Morgan fingerprint density at radius 2 is 1.89 bits per heavy atom. The Bertz CT molecular complexity index is 1480. The van der Waals surface area contributed by atoms with Gasteiger partial charge in [0.15, 0.2) is 5.16 Å². The molecule has 9 heteroatoms. The topological polar surface area (TPSA) is 84.1 Å². The minimum absolute atomic E-state index is 0.203. The molecule has 0 spiro atoms. The highest BCUT2D eigenvalue weighted by molar-refractivity contribution is 7.98. The number of thioether (sulfide) groups is 1. The average molecular weight is 520 g/mol. The van der Waals surface area contributed by atoms with Crippen LogP contribution in [0.3, 0.4) is 0 Å². The number of hydrogen-bond acceptors (Lipinski definition) is 7. The molecule has 1 unspecified atom stereocenters. The van der Waals surface area contributed by atoms with Gasteiger partial charge in [0.2, 0.25) is 0 Å². The average Bonchev–Trinajstić information content (AvgIpc) is 3.42. The highest BCUT2D eigenvalue weighted by Gasteiger charge is 2.38. The number of nitrogens with one attached hydrogen (secondary N) is 2. The monoisotopic (exact) mass is 519 g/mol. The van der Waals surface area contributed by atoms with Crippen molar-refractivity contribution in [2.45, 2.75) is 23.8 Å². The van der Waals surface area contributed by atoms with Gasteiger partial charge in [0.1, 0.15) is 11.6 Å². The number of aromatic nitrogens is 2. The highest BCUT2D eigenvalue weighted by Crippen LogP contribution is 2.44. The maximum absolute atomic E-state index is 14.1. The lowest BCUT2D eigenvalue weighted by Gasteiger charge is -2.29. The Morgan fingerprint density at radius 1 is 1.11 bits per heavy atom. The number of thiophene rings is 1. The van der Waals surface area contributed by atoms with Crippen LogP contribution in [-0.2, 0) is 15.3 Å². The van der Waals surface area contributed by atoms with Crippen molar-refractivity contribution in [1.82, 2.24) is 9.97 Å². The molecule has 2 N–H and O–H groups in total. The van der Waals surface area contributed by atoms with E-state index in [0.29, 0.717) is 39.1 Å². The molecule has 0 bridgehead atoms. The number of nitrogens with zero attached hydrogens (tertiary/aromatic N) is 1. The van der Waals surface area contributed by atoms with Crippen LogP contribution in [-0.4, -0.2) is 22.5 Å². The second-order valence-electron chi connectivity index (χ2n) is 7.96. The summed E-state index contributed by atoms with van der Waals surface area (Å²) < 4.78 is 19.5. The summed E-state index contributed by atoms with van der Waals surface area (Å²) in [5.74, 6) is -0.796. The van der Waals surface area contributed by atoms with Gasteiger partial charge < -0.3 is 15.0 Å². The number of rotatable bonds is 7. The molecule has 0 fully saturated rings. The number of fused-ring (bicyclic) bond motifs is 1. The Balaban J connectivity index is 1.63. The molecule has 3 heterocycles. The second kappa shape index (κ2) is 10.5. The first-order valence-corrected chi connectivity index (χ1v) is 13.2. The van der Waals surface area contributed by atoms with Gasteiger partial charge in [-0.15, -0.1) is 11.3 Å². The summed E-state index contributed by atoms with van der Waals surface area (Å²) in [7, 11) is 0. The summed E-state index contributed by atoms with van der Waals surface area (Å²) in [4.78, 5) is 35.1. The van der Waals surface area contributed by atoms with E-state index in [2.05, 4.69) is 15.3 Å². The van der Waals surface area contributed by atoms with Crippen LogP contribution < -0.4 is 10.9 Å². The number of aromatic amines is 1. The minimum Gasteiger partial charge on any atom is -0.463 e. The van der Waals surface area contributed by atoms with Crippen LogP contribution in [0.1, 0.15) is 34.4 Å². The van der Waals surface area contributed by atoms with E-state index in [1.165, 1.54) is 29.2 Å². The molecular formula is C27H22FN3O3S2. The van der Waals surface area contributed by atoms with Crippen LogP contribution in [0.5, 0.6) is 0 Å². The first-order valence-electron chi connectivity index (χ1n) is 11.3. The molecule has 0 aliphatic carbocycles. The molecular weight excluding hydrogens is 497 g/mol. The van der Waals surface area contributed by atoms with E-state index < -0.39 is 11.9 Å². The molecule has 0 saturated carbocycles. The normalized spacial score (nSPS) is 14.8. The molecule has 0 amide bonds. The predicted octanol–water partition coefficient (Wildman–Crippen LogP) is 5.79. The zero-order valence-electron chi connectivity index (χ0n) is 19.3. The van der Waals surface area contributed by atoms with Crippen molar-refractivity contribution in [2.75, 3.05) is 11.9 Å². The van der Waals surface area contributed by atoms with Crippen molar-refractivity contribution in [3.05, 3.63) is 115 Å². The molecule has 2 aromatic carbocycles. The zero-order chi connectivity index (χ0) is 25.1. The molecule has 182 valence electrons. The van der Waals surface area contributed by atoms with Crippen LogP contribution in [0.4, 0.5) is 10.2 Å². The van der Waals surface area contributed by atoms with Gasteiger partial charge >= 0.3 is 5.97 Å². The van der Waals surface area contributed by atoms with Gasteiger partial charge in [0, 0.05) is 10.6 Å². The van der Waals surface area contributed by atoms with Crippen molar-refractivity contribution in [2.24, 2.45) is 0 Å². The van der Waals surface area contributed by atoms with Crippen LogP contribution in [0, 0.1) is 5.82 Å². The third-order valence-electron chi connectivity index (χ3n) is 5.73. The lowest BCUT2D eigenvalue weighted by Crippen LogP contribution is -2.31. The maximum Gasteiger partial charge on any atom is 0.337 e. The number of carbonyl (C=O) groups excluding carboxylic acids is 1. The second-order valence-corrected chi connectivity index (χ2v) is 9.91. The van der Waals surface area contributed by atoms with Crippen molar-refractivity contribution < 1.29 is 13.9 Å². The molecule has 1 aliphatic heterocycles. The van der Waals surface area contributed by atoms with Crippen molar-refractivity contribution in [3.63, 3.8) is 0 Å². The Morgan fingerprint density at radius 3 is 2.61 bits per heavy atom. The number of halogens is 1. The third-order valence-corrected chi connectivity index (χ3v) is 7.59. The number of anilines is 1. The highest BCUT2D eigenvalue weighted by atomic mass is 32.2. The minimum atomic E-state index is -0.655. The number of benzene rings is 2. The first-order chi connectivity index (χ1) is 17.6. The lowest BCUT2D eigenvalue weighted by molar-refractivity contribution is -0.138. The Kier molecular flexibility index (Phi) is 7.02. The summed E-state index contributed by atoms with van der Waals surface area (Å²) in [5.41, 5.74) is 2.17. The summed E-state index contributed by atoms with van der Waals surface area (Å²) in [6.45, 7) is 1.95. The van der Waals surface area contributed by atoms with Crippen LogP contribution in [0.15, 0.2) is 87.6 Å². The summed E-state index contributed by atoms with van der Waals surface area (Å²) in [5, 5.41) is 5.51. The fourth-order valence-corrected chi connectivity index (χ4v) is 5.82. The van der Waals surface area contributed by atoms with E-state index in [9.17, 15) is 14.0 Å². The van der Waals surface area contributed by atoms with Crippen molar-refractivity contribution in [1.29, 1.82) is 0 Å². The molecule has 1 aliphatic rings. The molecule has 0 saturated heterocycles. The van der Waals surface area contributed by atoms with Gasteiger partial charge in [-0.1, -0.05) is 66.4 Å². The fourth-order valence-electron chi connectivity index (χ4n) is 4.13. The summed E-state index contributed by atoms with van der Waals surface area (Å²) in [6.07, 6.45) is 0. The molecule has 36 heavy (non-hydrogen) atoms. The van der Waals surface area contributed by atoms with E-state index in [1.807, 2.05) is 47.8 Å². The largest absolute Gasteiger partial charge is 0.463 e. The van der Waals surface area contributed by atoms with Crippen molar-refractivity contribution >= 4 is 40.6 Å². The number of carbonyl (C=O) groups is 1. The van der Waals surface area contributed by atoms with Crippen LogP contribution in [0.2, 0.25) is 0 Å². The number of H-pyrrole nitrogens is 1. The molecule has 0 radical (unpaired) electrons. The zero-order valence-corrected chi connectivity index (χ0v) is 20.9. The smallest absolute Gasteiger partial charge is 0.337 e. The summed E-state index contributed by atoms with van der Waals surface area (Å²) in [6, 6.07) is 19.7. The van der Waals surface area contributed by atoms with E-state index in [0.717, 1.165) is 10.4 Å². The van der Waals surface area contributed by atoms with E-state index in [1.54, 1.807) is 25.1 Å². The predicted molar refractivity (Wildman–Crippen MR) is 141 cm³/mol. The van der Waals surface area contributed by atoms with Gasteiger partial charge in [-0.05, 0) is 35.6 Å². The third kappa shape index (κ3) is 4.72. The van der Waals surface area contributed by atoms with E-state index in [4.69, 9.17) is 4.74 Å². The molecule has 1 atom stereocenters.